The number of carbonyl (C=O) groups is 2. The van der Waals surface area contributed by atoms with Gasteiger partial charge in [0.1, 0.15) is 44.8 Å². The lowest BCUT2D eigenvalue weighted by Gasteiger charge is -2.27. The molecule has 51 heavy (non-hydrogen) atoms. The average molecular weight is 745 g/mol. The van der Waals surface area contributed by atoms with Crippen molar-refractivity contribution in [1.82, 2.24) is 15.3 Å². The molecule has 264 valence electrons. The SMILES string of the molecule is C[C@](CCOc1ccc(-c2c(C#N)c(SCc3csc(-c4ccc(Cl)cc4)n3)nc(N3CCCC3)c2C#N)cc1)(NC(=O)[C@@H](N)CCN)C(=O)O. The predicted octanol–water partition coefficient (Wildman–Crippen LogP) is 5.57. The molecule has 0 radical (unpaired) electrons. The van der Waals surface area contributed by atoms with Crippen LogP contribution in [0.4, 0.5) is 5.82 Å². The van der Waals surface area contributed by atoms with Crippen molar-refractivity contribution in [2.45, 2.75) is 55.0 Å². The number of thioether (sulfide) groups is 1. The van der Waals surface area contributed by atoms with Gasteiger partial charge in [0.25, 0.3) is 0 Å². The molecule has 6 N–H and O–H groups in total. The fourth-order valence-corrected chi connectivity index (χ4v) is 7.47. The molecular formula is C36H37ClN8O4S2. The van der Waals surface area contributed by atoms with Gasteiger partial charge in [0.2, 0.25) is 5.91 Å². The summed E-state index contributed by atoms with van der Waals surface area (Å²) in [5, 5.41) is 37.2. The Morgan fingerprint density at radius 2 is 1.76 bits per heavy atom. The standard InChI is InChI=1S/C36H37ClN8O4S2/c1-36(35(47)48,44-32(46)29(41)12-14-38)13-17-49-26-10-6-22(7-11-26)30-27(18-39)31(45-15-2-3-16-45)43-34(28(30)19-40)51-21-25-20-50-33(42-25)23-4-8-24(37)9-5-23/h4-11,20,29H,2-3,12-17,21,38,41H2,1H3,(H,44,46)(H,47,48)/t29-,36+/m0/s1. The summed E-state index contributed by atoms with van der Waals surface area (Å²) in [7, 11) is 0. The molecule has 1 saturated heterocycles. The smallest absolute Gasteiger partial charge is 0.329 e. The number of hydrogen-bond acceptors (Lipinski definition) is 12. The maximum absolute atomic E-state index is 12.4. The molecule has 15 heteroatoms. The lowest BCUT2D eigenvalue weighted by atomic mass is 9.96. The highest BCUT2D eigenvalue weighted by molar-refractivity contribution is 7.98. The predicted molar refractivity (Wildman–Crippen MR) is 199 cm³/mol. The summed E-state index contributed by atoms with van der Waals surface area (Å²) in [5.41, 5.74) is 13.2. The van der Waals surface area contributed by atoms with Crippen molar-refractivity contribution in [3.63, 3.8) is 0 Å². The topological polar surface area (TPSA) is 204 Å². The number of nitrogens with two attached hydrogens (primary N) is 2. The minimum absolute atomic E-state index is 0.0209. The van der Waals surface area contributed by atoms with Gasteiger partial charge in [-0.25, -0.2) is 14.8 Å². The van der Waals surface area contributed by atoms with Crippen LogP contribution in [0.15, 0.2) is 58.9 Å². The second-order valence-electron chi connectivity index (χ2n) is 12.2. The molecular weight excluding hydrogens is 708 g/mol. The van der Waals surface area contributed by atoms with Gasteiger partial charge in [-0.2, -0.15) is 10.5 Å². The molecule has 1 amide bonds. The largest absolute Gasteiger partial charge is 0.493 e. The first kappa shape index (κ1) is 37.6. The van der Waals surface area contributed by atoms with Crippen LogP contribution in [0.2, 0.25) is 5.02 Å². The normalized spacial score (nSPS) is 14.3. The number of carboxylic acid groups (broad SMARTS) is 1. The quantitative estimate of drug-likeness (QED) is 0.110. The third-order valence-electron chi connectivity index (χ3n) is 8.47. The van der Waals surface area contributed by atoms with Crippen LogP contribution in [0, 0.1) is 22.7 Å². The minimum atomic E-state index is -1.61. The van der Waals surface area contributed by atoms with E-state index >= 15 is 0 Å². The van der Waals surface area contributed by atoms with E-state index in [0.29, 0.717) is 49.6 Å². The van der Waals surface area contributed by atoms with Gasteiger partial charge in [0, 0.05) is 46.8 Å². The molecule has 3 heterocycles. The van der Waals surface area contributed by atoms with E-state index in [0.717, 1.165) is 42.2 Å². The highest BCUT2D eigenvalue weighted by Gasteiger charge is 2.36. The van der Waals surface area contributed by atoms with Crippen LogP contribution in [0.3, 0.4) is 0 Å². The zero-order valence-electron chi connectivity index (χ0n) is 27.9. The second-order valence-corrected chi connectivity index (χ2v) is 14.4. The Morgan fingerprint density at radius 3 is 2.39 bits per heavy atom. The van der Waals surface area contributed by atoms with E-state index in [1.807, 2.05) is 29.6 Å². The summed E-state index contributed by atoms with van der Waals surface area (Å²) in [4.78, 5) is 36.2. The number of carbonyl (C=O) groups excluding carboxylic acids is 1. The fourth-order valence-electron chi connectivity index (χ4n) is 5.54. The van der Waals surface area contributed by atoms with Crippen LogP contribution in [0.5, 0.6) is 5.75 Å². The van der Waals surface area contributed by atoms with Crippen molar-refractivity contribution in [2.24, 2.45) is 11.5 Å². The monoisotopic (exact) mass is 744 g/mol. The van der Waals surface area contributed by atoms with Crippen molar-refractivity contribution in [3.8, 4) is 39.6 Å². The van der Waals surface area contributed by atoms with Crippen LogP contribution in [0.1, 0.15) is 49.4 Å². The number of carboxylic acids is 1. The number of rotatable bonds is 15. The Labute approximate surface area is 309 Å². The first-order valence-corrected chi connectivity index (χ1v) is 18.5. The number of anilines is 1. The van der Waals surface area contributed by atoms with Crippen LogP contribution >= 0.6 is 34.7 Å². The van der Waals surface area contributed by atoms with Gasteiger partial charge in [-0.1, -0.05) is 47.6 Å². The Hall–Kier alpha value is -4.70. The van der Waals surface area contributed by atoms with Gasteiger partial charge in [0.15, 0.2) is 0 Å². The van der Waals surface area contributed by atoms with Crippen molar-refractivity contribution >= 4 is 52.4 Å². The molecule has 0 spiro atoms. The summed E-state index contributed by atoms with van der Waals surface area (Å²) in [6, 6.07) is 18.1. The summed E-state index contributed by atoms with van der Waals surface area (Å²) in [6.07, 6.45) is 2.15. The Morgan fingerprint density at radius 1 is 1.10 bits per heavy atom. The van der Waals surface area contributed by atoms with E-state index in [9.17, 15) is 25.2 Å². The molecule has 2 aromatic carbocycles. The van der Waals surface area contributed by atoms with Crippen LogP contribution in [-0.2, 0) is 15.3 Å². The number of halogens is 1. The number of pyridine rings is 1. The van der Waals surface area contributed by atoms with Gasteiger partial charge in [-0.05, 0) is 62.6 Å². The lowest BCUT2D eigenvalue weighted by Crippen LogP contribution is -2.57. The highest BCUT2D eigenvalue weighted by atomic mass is 35.5. The van der Waals surface area contributed by atoms with Crippen LogP contribution in [0.25, 0.3) is 21.7 Å². The first-order chi connectivity index (χ1) is 24.6. The third-order valence-corrected chi connectivity index (χ3v) is 10.7. The van der Waals surface area contributed by atoms with E-state index in [-0.39, 0.29) is 26.0 Å². The van der Waals surface area contributed by atoms with E-state index in [1.54, 1.807) is 24.3 Å². The average Bonchev–Trinajstić information content (AvgIpc) is 3.84. The van der Waals surface area contributed by atoms with Crippen molar-refractivity contribution in [2.75, 3.05) is 31.1 Å². The van der Waals surface area contributed by atoms with E-state index in [1.165, 1.54) is 30.0 Å². The number of aliphatic carboxylic acids is 1. The van der Waals surface area contributed by atoms with Crippen molar-refractivity contribution in [3.05, 3.63) is 75.8 Å². The third kappa shape index (κ3) is 8.97. The zero-order valence-corrected chi connectivity index (χ0v) is 30.3. The molecule has 4 aromatic rings. The van der Waals surface area contributed by atoms with Crippen molar-refractivity contribution < 1.29 is 19.4 Å². The number of nitrogens with zero attached hydrogens (tertiary/aromatic N) is 5. The molecule has 12 nitrogen and oxygen atoms in total. The van der Waals surface area contributed by atoms with Gasteiger partial charge >= 0.3 is 5.97 Å². The number of amides is 1. The number of thiazole rings is 1. The summed E-state index contributed by atoms with van der Waals surface area (Å²) < 4.78 is 5.87. The molecule has 1 aliphatic heterocycles. The van der Waals surface area contributed by atoms with Gasteiger partial charge in [0.05, 0.1) is 23.9 Å². The summed E-state index contributed by atoms with van der Waals surface area (Å²) in [5.74, 6) is -0.363. The maximum atomic E-state index is 12.4. The zero-order chi connectivity index (χ0) is 36.5. The second kappa shape index (κ2) is 17.0. The van der Waals surface area contributed by atoms with Gasteiger partial charge < -0.3 is 31.5 Å². The van der Waals surface area contributed by atoms with Crippen LogP contribution in [-0.4, -0.2) is 64.8 Å². The molecule has 1 aliphatic rings. The molecule has 1 fully saturated rings. The Bertz CT molecular complexity index is 1950. The first-order valence-electron chi connectivity index (χ1n) is 16.3. The number of hydrogen-bond donors (Lipinski definition) is 4. The van der Waals surface area contributed by atoms with Gasteiger partial charge in [-0.3, -0.25) is 4.79 Å². The molecule has 2 atom stereocenters. The summed E-state index contributed by atoms with van der Waals surface area (Å²) >= 11 is 8.98. The molecule has 0 unspecified atom stereocenters. The minimum Gasteiger partial charge on any atom is -0.493 e. The molecule has 5 rings (SSSR count). The molecule has 0 aliphatic carbocycles. The summed E-state index contributed by atoms with van der Waals surface area (Å²) in [6.45, 7) is 3.09. The molecule has 0 saturated carbocycles. The van der Waals surface area contributed by atoms with E-state index in [4.69, 9.17) is 37.8 Å². The van der Waals surface area contributed by atoms with Crippen LogP contribution < -0.4 is 26.4 Å². The number of ether oxygens (including phenoxy) is 1. The Kier molecular flexibility index (Phi) is 12.5. The lowest BCUT2D eigenvalue weighted by molar-refractivity contribution is -0.147. The van der Waals surface area contributed by atoms with Crippen molar-refractivity contribution in [1.29, 1.82) is 10.5 Å². The fraction of sp³-hybridized carbons (Fsp3) is 0.333. The van der Waals surface area contributed by atoms with Gasteiger partial charge in [-0.15, -0.1) is 11.3 Å². The number of benzene rings is 2. The highest BCUT2D eigenvalue weighted by Crippen LogP contribution is 2.40. The number of nitrogens with one attached hydrogen (secondary N) is 1. The number of nitriles is 2. The van der Waals surface area contributed by atoms with E-state index < -0.39 is 23.5 Å². The maximum Gasteiger partial charge on any atom is 0.329 e. The van der Waals surface area contributed by atoms with E-state index in [2.05, 4.69) is 22.4 Å². The Balaban J connectivity index is 1.38. The number of aromatic nitrogens is 2. The molecule has 0 bridgehead atoms. The molecule has 2 aromatic heterocycles.